The first kappa shape index (κ1) is 15.0. The maximum atomic E-state index is 11.6. The lowest BCUT2D eigenvalue weighted by Crippen LogP contribution is -2.41. The molecule has 2 aromatic rings. The molecule has 22 heavy (non-hydrogen) atoms. The molecule has 0 saturated carbocycles. The third-order valence-corrected chi connectivity index (χ3v) is 5.27. The average molecular weight is 312 g/mol. The Morgan fingerprint density at radius 3 is 2.09 bits per heavy atom. The third-order valence-electron chi connectivity index (χ3n) is 4.14. The molecule has 1 aliphatic heterocycles. The van der Waals surface area contributed by atoms with Crippen LogP contribution in [0.3, 0.4) is 0 Å². The van der Waals surface area contributed by atoms with Crippen LogP contribution in [0, 0.1) is 0 Å². The molecule has 0 aromatic heterocycles. The lowest BCUT2D eigenvalue weighted by molar-refractivity contribution is -0.129. The molecule has 0 aliphatic carbocycles. The molecule has 1 amide bonds. The monoisotopic (exact) mass is 312 g/mol. The second-order valence-corrected chi connectivity index (χ2v) is 6.71. The van der Waals surface area contributed by atoms with Gasteiger partial charge in [-0.25, -0.2) is 0 Å². The second kappa shape index (κ2) is 6.05. The predicted molar refractivity (Wildman–Crippen MR) is 91.9 cm³/mol. The molecule has 114 valence electrons. The Balaban J connectivity index is 1.98. The molecule has 0 N–H and O–H groups in total. The van der Waals surface area contributed by atoms with Gasteiger partial charge >= 0.3 is 0 Å². The van der Waals surface area contributed by atoms with Gasteiger partial charge in [-0.1, -0.05) is 36.0 Å². The summed E-state index contributed by atoms with van der Waals surface area (Å²) in [5, 5.41) is 0. The van der Waals surface area contributed by atoms with Gasteiger partial charge in [-0.15, -0.1) is 0 Å². The number of carbonyl (C=O) groups is 1. The Morgan fingerprint density at radius 1 is 1.09 bits per heavy atom. The normalized spacial score (nSPS) is 14.0. The fourth-order valence-corrected chi connectivity index (χ4v) is 3.77. The van der Waals surface area contributed by atoms with Gasteiger partial charge in [0.05, 0.1) is 11.4 Å². The number of fused-ring (bicyclic) bond motifs is 2. The molecule has 1 unspecified atom stereocenters. The molecule has 3 rings (SSSR count). The van der Waals surface area contributed by atoms with Crippen molar-refractivity contribution in [3.05, 3.63) is 48.5 Å². The highest BCUT2D eigenvalue weighted by atomic mass is 32.2. The number of rotatable bonds is 3. The van der Waals surface area contributed by atoms with Gasteiger partial charge in [0.1, 0.15) is 0 Å². The summed E-state index contributed by atoms with van der Waals surface area (Å²) in [6, 6.07) is 17.0. The highest BCUT2D eigenvalue weighted by Gasteiger charge is 2.25. The molecule has 4 heteroatoms. The molecular formula is C18H20N2OS. The minimum absolute atomic E-state index is 0.0976. The van der Waals surface area contributed by atoms with E-state index < -0.39 is 0 Å². The van der Waals surface area contributed by atoms with E-state index in [1.54, 1.807) is 23.6 Å². The van der Waals surface area contributed by atoms with Crippen molar-refractivity contribution in [3.8, 4) is 0 Å². The van der Waals surface area contributed by atoms with Gasteiger partial charge in [-0.2, -0.15) is 0 Å². The van der Waals surface area contributed by atoms with Gasteiger partial charge < -0.3 is 9.80 Å². The topological polar surface area (TPSA) is 23.6 Å². The van der Waals surface area contributed by atoms with Gasteiger partial charge in [0.2, 0.25) is 5.91 Å². The first-order chi connectivity index (χ1) is 10.6. The minimum Gasteiger partial charge on any atom is -0.342 e. The molecule has 2 aromatic carbocycles. The van der Waals surface area contributed by atoms with Crippen molar-refractivity contribution in [3.63, 3.8) is 0 Å². The van der Waals surface area contributed by atoms with Gasteiger partial charge in [0.15, 0.2) is 0 Å². The van der Waals surface area contributed by atoms with Crippen LogP contribution >= 0.6 is 11.8 Å². The van der Waals surface area contributed by atoms with E-state index in [1.165, 1.54) is 21.2 Å². The Kier molecular flexibility index (Phi) is 4.12. The Morgan fingerprint density at radius 2 is 1.59 bits per heavy atom. The molecule has 0 saturated heterocycles. The molecule has 0 bridgehead atoms. The Hall–Kier alpha value is -1.94. The number of hydrogen-bond acceptors (Lipinski definition) is 3. The van der Waals surface area contributed by atoms with Crippen molar-refractivity contribution in [2.45, 2.75) is 29.7 Å². The fraction of sp³-hybridized carbons (Fsp3) is 0.278. The Labute approximate surface area is 135 Å². The maximum absolute atomic E-state index is 11.6. The van der Waals surface area contributed by atoms with Gasteiger partial charge in [-0.3, -0.25) is 4.79 Å². The zero-order valence-electron chi connectivity index (χ0n) is 13.1. The van der Waals surface area contributed by atoms with E-state index in [9.17, 15) is 4.79 Å². The van der Waals surface area contributed by atoms with Crippen LogP contribution in [0.2, 0.25) is 0 Å². The number of carbonyl (C=O) groups excluding carboxylic acids is 1. The number of anilines is 2. The lowest BCUT2D eigenvalue weighted by atomic mass is 10.2. The van der Waals surface area contributed by atoms with Crippen molar-refractivity contribution in [2.75, 3.05) is 18.5 Å². The van der Waals surface area contributed by atoms with Crippen molar-refractivity contribution in [1.82, 2.24) is 4.90 Å². The SMILES string of the molecule is CC(=O)N(C)C(C)CN1c2ccccc2Sc2ccccc21. The van der Waals surface area contributed by atoms with Crippen LogP contribution in [0.5, 0.6) is 0 Å². The van der Waals surface area contributed by atoms with E-state index in [-0.39, 0.29) is 11.9 Å². The van der Waals surface area contributed by atoms with Gasteiger partial charge in [0, 0.05) is 36.3 Å². The summed E-state index contributed by atoms with van der Waals surface area (Å²) >= 11 is 1.81. The first-order valence-electron chi connectivity index (χ1n) is 7.45. The van der Waals surface area contributed by atoms with Crippen molar-refractivity contribution < 1.29 is 4.79 Å². The number of hydrogen-bond donors (Lipinski definition) is 0. The molecule has 0 radical (unpaired) electrons. The van der Waals surface area contributed by atoms with E-state index in [1.807, 2.05) is 7.05 Å². The molecule has 1 heterocycles. The zero-order valence-corrected chi connectivity index (χ0v) is 13.9. The zero-order chi connectivity index (χ0) is 15.7. The van der Waals surface area contributed by atoms with E-state index in [0.717, 1.165) is 6.54 Å². The van der Waals surface area contributed by atoms with Crippen LogP contribution < -0.4 is 4.90 Å². The number of para-hydroxylation sites is 2. The van der Waals surface area contributed by atoms with Crippen LogP contribution in [-0.4, -0.2) is 30.4 Å². The number of benzene rings is 2. The summed E-state index contributed by atoms with van der Waals surface area (Å²) in [5.74, 6) is 0.0976. The molecule has 1 atom stereocenters. The highest BCUT2D eigenvalue weighted by Crippen LogP contribution is 2.47. The average Bonchev–Trinajstić information content (AvgIpc) is 2.53. The van der Waals surface area contributed by atoms with E-state index in [2.05, 4.69) is 60.4 Å². The van der Waals surface area contributed by atoms with Crippen molar-refractivity contribution >= 4 is 29.0 Å². The van der Waals surface area contributed by atoms with Crippen LogP contribution in [0.1, 0.15) is 13.8 Å². The number of likely N-dealkylation sites (N-methyl/N-ethyl adjacent to an activating group) is 1. The van der Waals surface area contributed by atoms with Gasteiger partial charge in [-0.05, 0) is 31.2 Å². The largest absolute Gasteiger partial charge is 0.342 e. The standard InChI is InChI=1S/C18H20N2OS/c1-13(19(3)14(2)21)12-20-15-8-4-6-10-17(15)22-18-11-7-5-9-16(18)20/h4-11,13H,12H2,1-3H3. The van der Waals surface area contributed by atoms with Crippen LogP contribution in [-0.2, 0) is 4.79 Å². The van der Waals surface area contributed by atoms with E-state index in [4.69, 9.17) is 0 Å². The molecule has 3 nitrogen and oxygen atoms in total. The summed E-state index contributed by atoms with van der Waals surface area (Å²) in [4.78, 5) is 18.3. The van der Waals surface area contributed by atoms with E-state index >= 15 is 0 Å². The maximum Gasteiger partial charge on any atom is 0.219 e. The Bertz CT molecular complexity index is 655. The summed E-state index contributed by atoms with van der Waals surface area (Å²) in [6.07, 6.45) is 0. The number of nitrogens with zero attached hydrogens (tertiary/aromatic N) is 2. The molecule has 1 aliphatic rings. The molecular weight excluding hydrogens is 292 g/mol. The van der Waals surface area contributed by atoms with Crippen LogP contribution in [0.4, 0.5) is 11.4 Å². The summed E-state index contributed by atoms with van der Waals surface area (Å²) in [5.41, 5.74) is 2.44. The fourth-order valence-electron chi connectivity index (χ4n) is 2.67. The summed E-state index contributed by atoms with van der Waals surface area (Å²) in [6.45, 7) is 4.49. The lowest BCUT2D eigenvalue weighted by Gasteiger charge is -2.36. The van der Waals surface area contributed by atoms with Crippen LogP contribution in [0.15, 0.2) is 58.3 Å². The van der Waals surface area contributed by atoms with E-state index in [0.29, 0.717) is 0 Å². The first-order valence-corrected chi connectivity index (χ1v) is 8.26. The smallest absolute Gasteiger partial charge is 0.219 e. The molecule has 0 fully saturated rings. The predicted octanol–water partition coefficient (Wildman–Crippen LogP) is 4.16. The summed E-state index contributed by atoms with van der Waals surface area (Å²) < 4.78 is 0. The summed E-state index contributed by atoms with van der Waals surface area (Å²) in [7, 11) is 1.86. The second-order valence-electron chi connectivity index (χ2n) is 5.63. The molecule has 0 spiro atoms. The van der Waals surface area contributed by atoms with Gasteiger partial charge in [0.25, 0.3) is 0 Å². The van der Waals surface area contributed by atoms with Crippen molar-refractivity contribution in [1.29, 1.82) is 0 Å². The highest BCUT2D eigenvalue weighted by molar-refractivity contribution is 7.99. The minimum atomic E-state index is 0.0976. The number of amides is 1. The quantitative estimate of drug-likeness (QED) is 0.850. The third kappa shape index (κ3) is 2.71. The van der Waals surface area contributed by atoms with Crippen molar-refractivity contribution in [2.24, 2.45) is 0 Å². The van der Waals surface area contributed by atoms with Crippen LogP contribution in [0.25, 0.3) is 0 Å².